The Bertz CT molecular complexity index is 1210. The number of aromatic nitrogens is 1. The molecule has 0 radical (unpaired) electrons. The number of nitrogens with one attached hydrogen (secondary N) is 1. The van der Waals surface area contributed by atoms with Crippen LogP contribution < -0.4 is 15.0 Å². The first-order chi connectivity index (χ1) is 18.1. The largest absolute Gasteiger partial charge is 0.497 e. The molecule has 4 rings (SSSR count). The number of hydrogen-bond acceptors (Lipinski definition) is 6. The zero-order chi connectivity index (χ0) is 26.0. The van der Waals surface area contributed by atoms with Crippen molar-refractivity contribution < 1.29 is 18.7 Å². The third kappa shape index (κ3) is 7.34. The Morgan fingerprint density at radius 1 is 1.19 bits per heavy atom. The number of ether oxygens (including phenoxy) is 2. The van der Waals surface area contributed by atoms with Gasteiger partial charge in [-0.15, -0.1) is 0 Å². The number of carbonyl (C=O) groups is 1. The van der Waals surface area contributed by atoms with E-state index in [0.29, 0.717) is 35.1 Å². The molecule has 1 aromatic heterocycles. The molecule has 1 aliphatic heterocycles. The van der Waals surface area contributed by atoms with Crippen LogP contribution in [0.25, 0.3) is 11.3 Å². The molecule has 9 heteroatoms. The number of methoxy groups -OCH3 is 1. The number of carbonyl (C=O) groups excluding carboxylic acids is 1. The molecule has 0 unspecified atom stereocenters. The standard InChI is InChI=1S/C28H32FN5O3/c1-21(30-12-13-33-14-16-37-17-15-33)31-27-11-10-26(23-4-3-5-24(29)18-23)32-28(27)34(20-35)19-22-6-8-25(36-2)9-7-22/h3-11,18,20H,12-17,19H2,1-2H3,(H,30,31). The number of aliphatic imine (C=N–C) groups is 1. The van der Waals surface area contributed by atoms with Gasteiger partial charge in [0.15, 0.2) is 5.82 Å². The lowest BCUT2D eigenvalue weighted by Gasteiger charge is -2.26. The van der Waals surface area contributed by atoms with Crippen LogP contribution in [-0.2, 0) is 16.1 Å². The lowest BCUT2D eigenvalue weighted by molar-refractivity contribution is -0.107. The Kier molecular flexibility index (Phi) is 9.18. The molecular weight excluding hydrogens is 473 g/mol. The van der Waals surface area contributed by atoms with E-state index in [0.717, 1.165) is 57.1 Å². The minimum absolute atomic E-state index is 0.291. The van der Waals surface area contributed by atoms with Crippen LogP contribution in [0.2, 0.25) is 0 Å². The molecular formula is C28H32FN5O3. The Hall–Kier alpha value is -3.82. The van der Waals surface area contributed by atoms with Gasteiger partial charge in [-0.25, -0.2) is 14.4 Å². The van der Waals surface area contributed by atoms with Gasteiger partial charge in [-0.2, -0.15) is 0 Å². The van der Waals surface area contributed by atoms with E-state index < -0.39 is 0 Å². The maximum absolute atomic E-state index is 13.9. The molecule has 37 heavy (non-hydrogen) atoms. The smallest absolute Gasteiger partial charge is 0.215 e. The van der Waals surface area contributed by atoms with Gasteiger partial charge >= 0.3 is 0 Å². The third-order valence-electron chi connectivity index (χ3n) is 6.09. The number of pyridine rings is 1. The minimum atomic E-state index is -0.353. The van der Waals surface area contributed by atoms with Crippen molar-refractivity contribution in [2.24, 2.45) is 4.99 Å². The van der Waals surface area contributed by atoms with E-state index in [-0.39, 0.29) is 5.82 Å². The van der Waals surface area contributed by atoms with Crippen molar-refractivity contribution >= 4 is 23.8 Å². The summed E-state index contributed by atoms with van der Waals surface area (Å²) in [5, 5.41) is 3.35. The van der Waals surface area contributed by atoms with Gasteiger partial charge in [0.2, 0.25) is 6.41 Å². The number of hydrogen-bond donors (Lipinski definition) is 1. The topological polar surface area (TPSA) is 79.3 Å². The molecule has 1 fully saturated rings. The molecule has 1 amide bonds. The molecule has 0 atom stereocenters. The van der Waals surface area contributed by atoms with Crippen molar-refractivity contribution in [3.8, 4) is 17.0 Å². The molecule has 0 saturated carbocycles. The summed E-state index contributed by atoms with van der Waals surface area (Å²) in [6, 6.07) is 17.3. The molecule has 0 spiro atoms. The fraction of sp³-hybridized carbons (Fsp3) is 0.321. The maximum Gasteiger partial charge on any atom is 0.215 e. The predicted molar refractivity (Wildman–Crippen MR) is 143 cm³/mol. The summed E-state index contributed by atoms with van der Waals surface area (Å²) in [4.78, 5) is 25.6. The molecule has 1 saturated heterocycles. The molecule has 0 aliphatic carbocycles. The second kappa shape index (κ2) is 12.9. The maximum atomic E-state index is 13.9. The van der Waals surface area contributed by atoms with E-state index in [2.05, 4.69) is 10.2 Å². The Morgan fingerprint density at radius 3 is 2.68 bits per heavy atom. The predicted octanol–water partition coefficient (Wildman–Crippen LogP) is 4.03. The fourth-order valence-corrected chi connectivity index (χ4v) is 4.08. The normalized spacial score (nSPS) is 14.3. The van der Waals surface area contributed by atoms with Crippen LogP contribution in [0.1, 0.15) is 12.5 Å². The molecule has 8 nitrogen and oxygen atoms in total. The number of rotatable bonds is 10. The van der Waals surface area contributed by atoms with Gasteiger partial charge < -0.3 is 14.8 Å². The zero-order valence-corrected chi connectivity index (χ0v) is 21.2. The summed E-state index contributed by atoms with van der Waals surface area (Å²) >= 11 is 0. The highest BCUT2D eigenvalue weighted by Crippen LogP contribution is 2.31. The van der Waals surface area contributed by atoms with Gasteiger partial charge in [-0.1, -0.05) is 24.3 Å². The average Bonchev–Trinajstić information content (AvgIpc) is 2.93. The molecule has 0 bridgehead atoms. The second-order valence-electron chi connectivity index (χ2n) is 8.71. The van der Waals surface area contributed by atoms with E-state index in [1.807, 2.05) is 31.2 Å². The number of morpholine rings is 1. The number of benzene rings is 2. The molecule has 2 aromatic carbocycles. The van der Waals surface area contributed by atoms with E-state index in [9.17, 15) is 9.18 Å². The number of amides is 1. The first-order valence-corrected chi connectivity index (χ1v) is 12.3. The van der Waals surface area contributed by atoms with Crippen LogP contribution in [0.3, 0.4) is 0 Å². The van der Waals surface area contributed by atoms with E-state index >= 15 is 0 Å². The van der Waals surface area contributed by atoms with Crippen molar-refractivity contribution in [2.75, 3.05) is 51.4 Å². The van der Waals surface area contributed by atoms with Crippen molar-refractivity contribution in [3.63, 3.8) is 0 Å². The summed E-state index contributed by atoms with van der Waals surface area (Å²) < 4.78 is 24.5. The van der Waals surface area contributed by atoms with Gasteiger partial charge in [0, 0.05) is 31.7 Å². The quantitative estimate of drug-likeness (QED) is 0.255. The first-order valence-electron chi connectivity index (χ1n) is 12.3. The highest BCUT2D eigenvalue weighted by molar-refractivity contribution is 5.87. The summed E-state index contributed by atoms with van der Waals surface area (Å²) in [6.45, 7) is 7.17. The van der Waals surface area contributed by atoms with Crippen LogP contribution in [0.4, 0.5) is 15.9 Å². The van der Waals surface area contributed by atoms with Crippen molar-refractivity contribution in [2.45, 2.75) is 13.5 Å². The Balaban J connectivity index is 1.59. The minimum Gasteiger partial charge on any atom is -0.497 e. The van der Waals surface area contributed by atoms with Crippen molar-refractivity contribution in [1.29, 1.82) is 0 Å². The van der Waals surface area contributed by atoms with E-state index in [4.69, 9.17) is 19.5 Å². The number of amidine groups is 1. The van der Waals surface area contributed by atoms with Crippen LogP contribution in [0, 0.1) is 5.82 Å². The summed E-state index contributed by atoms with van der Waals surface area (Å²) in [5.41, 5.74) is 2.61. The van der Waals surface area contributed by atoms with Gasteiger partial charge in [-0.3, -0.25) is 14.6 Å². The first kappa shape index (κ1) is 26.2. The van der Waals surface area contributed by atoms with E-state index in [1.54, 1.807) is 31.4 Å². The fourth-order valence-electron chi connectivity index (χ4n) is 4.08. The van der Waals surface area contributed by atoms with Gasteiger partial charge in [-0.05, 0) is 48.9 Å². The monoisotopic (exact) mass is 505 g/mol. The number of halogens is 1. The summed E-state index contributed by atoms with van der Waals surface area (Å²) in [6.07, 6.45) is 0.738. The number of nitrogens with zero attached hydrogens (tertiary/aromatic N) is 4. The summed E-state index contributed by atoms with van der Waals surface area (Å²) in [7, 11) is 1.61. The second-order valence-corrected chi connectivity index (χ2v) is 8.71. The molecule has 3 aromatic rings. The zero-order valence-electron chi connectivity index (χ0n) is 21.2. The van der Waals surface area contributed by atoms with Crippen LogP contribution in [-0.4, -0.2) is 68.6 Å². The average molecular weight is 506 g/mol. The van der Waals surface area contributed by atoms with Crippen LogP contribution in [0.5, 0.6) is 5.75 Å². The molecule has 1 N–H and O–H groups in total. The number of anilines is 1. The molecule has 2 heterocycles. The van der Waals surface area contributed by atoms with Crippen molar-refractivity contribution in [1.82, 2.24) is 15.2 Å². The summed E-state index contributed by atoms with van der Waals surface area (Å²) in [5.74, 6) is 1.48. The lowest BCUT2D eigenvalue weighted by atomic mass is 10.1. The molecule has 1 aliphatic rings. The SMILES string of the molecule is COc1ccc(CN(C=O)c2nc(-c3cccc(F)c3)ccc2/N=C(\C)NCCN2CCOCC2)cc1. The Morgan fingerprint density at radius 2 is 1.97 bits per heavy atom. The van der Waals surface area contributed by atoms with Crippen LogP contribution >= 0.6 is 0 Å². The van der Waals surface area contributed by atoms with Gasteiger partial charge in [0.05, 0.1) is 38.4 Å². The van der Waals surface area contributed by atoms with E-state index in [1.165, 1.54) is 17.0 Å². The Labute approximate surface area is 216 Å². The lowest BCUT2D eigenvalue weighted by Crippen LogP contribution is -2.41. The van der Waals surface area contributed by atoms with Crippen molar-refractivity contribution in [3.05, 3.63) is 72.0 Å². The van der Waals surface area contributed by atoms with Gasteiger partial charge in [0.1, 0.15) is 17.3 Å². The van der Waals surface area contributed by atoms with Gasteiger partial charge in [0.25, 0.3) is 0 Å². The third-order valence-corrected chi connectivity index (χ3v) is 6.09. The van der Waals surface area contributed by atoms with Crippen LogP contribution in [0.15, 0.2) is 65.7 Å². The highest BCUT2D eigenvalue weighted by atomic mass is 19.1. The molecule has 194 valence electrons. The highest BCUT2D eigenvalue weighted by Gasteiger charge is 2.16.